The molecule has 3 rings (SSSR count). The standard InChI is InChI=1S/C22H28N2O3/c1-22(2,3)18-8-5-16(6-9-18)13-24(4)14-21(25)23-12-17-7-10-19-20(11-17)27-15-26-19/h5-11H,12-15H2,1-4H3,(H,23,25). The van der Waals surface area contributed by atoms with Gasteiger partial charge in [-0.25, -0.2) is 0 Å². The Labute approximate surface area is 161 Å². The van der Waals surface area contributed by atoms with E-state index in [9.17, 15) is 4.79 Å². The van der Waals surface area contributed by atoms with Gasteiger partial charge in [0.2, 0.25) is 12.7 Å². The average molecular weight is 368 g/mol. The summed E-state index contributed by atoms with van der Waals surface area (Å²) in [5, 5.41) is 2.96. The van der Waals surface area contributed by atoms with E-state index in [4.69, 9.17) is 9.47 Å². The third kappa shape index (κ3) is 5.23. The number of nitrogens with one attached hydrogen (secondary N) is 1. The fourth-order valence-electron chi connectivity index (χ4n) is 3.03. The van der Waals surface area contributed by atoms with Crippen LogP contribution >= 0.6 is 0 Å². The SMILES string of the molecule is CN(CC(=O)NCc1ccc2c(c1)OCO2)Cc1ccc(C(C)(C)C)cc1. The van der Waals surface area contributed by atoms with Crippen LogP contribution < -0.4 is 14.8 Å². The molecular weight excluding hydrogens is 340 g/mol. The largest absolute Gasteiger partial charge is 0.454 e. The first-order valence-corrected chi connectivity index (χ1v) is 9.24. The van der Waals surface area contributed by atoms with Gasteiger partial charge in [0.1, 0.15) is 0 Å². The van der Waals surface area contributed by atoms with Crippen LogP contribution in [0.25, 0.3) is 0 Å². The molecule has 0 unspecified atom stereocenters. The van der Waals surface area contributed by atoms with Crippen LogP contribution in [0.2, 0.25) is 0 Å². The van der Waals surface area contributed by atoms with Crippen molar-refractivity contribution in [1.82, 2.24) is 10.2 Å². The van der Waals surface area contributed by atoms with Gasteiger partial charge in [0.05, 0.1) is 6.54 Å². The minimum absolute atomic E-state index is 0.00137. The molecule has 0 aromatic heterocycles. The van der Waals surface area contributed by atoms with Gasteiger partial charge in [-0.2, -0.15) is 0 Å². The highest BCUT2D eigenvalue weighted by Gasteiger charge is 2.15. The molecule has 1 heterocycles. The number of amides is 1. The van der Waals surface area contributed by atoms with Gasteiger partial charge in [-0.05, 0) is 41.3 Å². The molecule has 0 spiro atoms. The first-order chi connectivity index (χ1) is 12.8. The van der Waals surface area contributed by atoms with Crippen LogP contribution in [0.3, 0.4) is 0 Å². The van der Waals surface area contributed by atoms with E-state index in [1.165, 1.54) is 11.1 Å². The molecule has 5 nitrogen and oxygen atoms in total. The van der Waals surface area contributed by atoms with E-state index in [1.54, 1.807) is 0 Å². The minimum atomic E-state index is 0.00137. The number of rotatable bonds is 6. The Kier molecular flexibility index (Phi) is 5.71. The van der Waals surface area contributed by atoms with Gasteiger partial charge in [-0.3, -0.25) is 9.69 Å². The van der Waals surface area contributed by atoms with Crippen molar-refractivity contribution in [2.75, 3.05) is 20.4 Å². The average Bonchev–Trinajstić information content (AvgIpc) is 3.07. The maximum absolute atomic E-state index is 12.2. The molecule has 144 valence electrons. The summed E-state index contributed by atoms with van der Waals surface area (Å²) in [5.41, 5.74) is 3.66. The van der Waals surface area contributed by atoms with Crippen LogP contribution in [0.1, 0.15) is 37.5 Å². The Bertz CT molecular complexity index is 794. The first-order valence-electron chi connectivity index (χ1n) is 9.24. The third-order valence-electron chi connectivity index (χ3n) is 4.61. The molecule has 0 atom stereocenters. The molecule has 0 saturated carbocycles. The second-order valence-electron chi connectivity index (χ2n) is 8.08. The fourth-order valence-corrected chi connectivity index (χ4v) is 3.03. The summed E-state index contributed by atoms with van der Waals surface area (Å²) in [6.45, 7) is 8.44. The maximum atomic E-state index is 12.2. The summed E-state index contributed by atoms with van der Waals surface area (Å²) in [5.74, 6) is 1.49. The van der Waals surface area contributed by atoms with Crippen LogP contribution in [0.15, 0.2) is 42.5 Å². The zero-order valence-electron chi connectivity index (χ0n) is 16.5. The van der Waals surface area contributed by atoms with Crippen molar-refractivity contribution in [2.24, 2.45) is 0 Å². The van der Waals surface area contributed by atoms with Crippen LogP contribution in [0.4, 0.5) is 0 Å². The van der Waals surface area contributed by atoms with Crippen LogP contribution in [-0.4, -0.2) is 31.2 Å². The summed E-state index contributed by atoms with van der Waals surface area (Å²) in [6, 6.07) is 14.3. The van der Waals surface area contributed by atoms with E-state index in [0.29, 0.717) is 13.1 Å². The summed E-state index contributed by atoms with van der Waals surface area (Å²) in [6.07, 6.45) is 0. The maximum Gasteiger partial charge on any atom is 0.234 e. The molecule has 1 N–H and O–H groups in total. The summed E-state index contributed by atoms with van der Waals surface area (Å²) in [4.78, 5) is 14.2. The number of fused-ring (bicyclic) bond motifs is 1. The Balaban J connectivity index is 1.46. The van der Waals surface area contributed by atoms with E-state index >= 15 is 0 Å². The lowest BCUT2D eigenvalue weighted by Gasteiger charge is -2.20. The lowest BCUT2D eigenvalue weighted by Crippen LogP contribution is -2.34. The molecule has 0 saturated heterocycles. The number of carbonyl (C=O) groups excluding carboxylic acids is 1. The second kappa shape index (κ2) is 8.01. The molecule has 1 aliphatic rings. The smallest absolute Gasteiger partial charge is 0.234 e. The number of hydrogen-bond donors (Lipinski definition) is 1. The zero-order valence-corrected chi connectivity index (χ0v) is 16.5. The quantitative estimate of drug-likeness (QED) is 0.848. The number of nitrogens with zero attached hydrogens (tertiary/aromatic N) is 1. The van der Waals surface area contributed by atoms with Crippen LogP contribution in [0, 0.1) is 0 Å². The second-order valence-corrected chi connectivity index (χ2v) is 8.08. The molecule has 2 aromatic rings. The Hall–Kier alpha value is -2.53. The van der Waals surface area contributed by atoms with E-state index in [2.05, 4.69) is 50.4 Å². The van der Waals surface area contributed by atoms with Crippen molar-refractivity contribution in [1.29, 1.82) is 0 Å². The van der Waals surface area contributed by atoms with Gasteiger partial charge in [0.25, 0.3) is 0 Å². The molecule has 1 amide bonds. The van der Waals surface area contributed by atoms with Gasteiger partial charge < -0.3 is 14.8 Å². The van der Waals surface area contributed by atoms with Crippen molar-refractivity contribution in [3.05, 3.63) is 59.2 Å². The van der Waals surface area contributed by atoms with Crippen molar-refractivity contribution >= 4 is 5.91 Å². The lowest BCUT2D eigenvalue weighted by molar-refractivity contribution is -0.122. The van der Waals surface area contributed by atoms with Crippen LogP contribution in [0.5, 0.6) is 11.5 Å². The first kappa shape index (κ1) is 19.2. The van der Waals surface area contributed by atoms with Gasteiger partial charge in [0.15, 0.2) is 11.5 Å². The topological polar surface area (TPSA) is 50.8 Å². The molecular formula is C22H28N2O3. The molecule has 5 heteroatoms. The molecule has 27 heavy (non-hydrogen) atoms. The predicted octanol–water partition coefficient (Wildman–Crippen LogP) is 3.46. The van der Waals surface area contributed by atoms with E-state index in [-0.39, 0.29) is 18.1 Å². The molecule has 0 radical (unpaired) electrons. The lowest BCUT2D eigenvalue weighted by atomic mass is 9.87. The highest BCUT2D eigenvalue weighted by molar-refractivity contribution is 5.78. The van der Waals surface area contributed by atoms with Crippen LogP contribution in [-0.2, 0) is 23.3 Å². The van der Waals surface area contributed by atoms with Crippen molar-refractivity contribution < 1.29 is 14.3 Å². The van der Waals surface area contributed by atoms with Crippen molar-refractivity contribution in [3.8, 4) is 11.5 Å². The van der Waals surface area contributed by atoms with E-state index in [1.807, 2.05) is 30.1 Å². The molecule has 2 aromatic carbocycles. The Morgan fingerprint density at radius 1 is 1.04 bits per heavy atom. The van der Waals surface area contributed by atoms with Crippen molar-refractivity contribution in [3.63, 3.8) is 0 Å². The van der Waals surface area contributed by atoms with E-state index in [0.717, 1.165) is 23.6 Å². The highest BCUT2D eigenvalue weighted by Crippen LogP contribution is 2.32. The summed E-state index contributed by atoms with van der Waals surface area (Å²) < 4.78 is 10.7. The molecule has 1 aliphatic heterocycles. The molecule has 0 aliphatic carbocycles. The van der Waals surface area contributed by atoms with Crippen molar-refractivity contribution in [2.45, 2.75) is 39.3 Å². The van der Waals surface area contributed by atoms with Gasteiger partial charge in [0, 0.05) is 13.1 Å². The number of benzene rings is 2. The monoisotopic (exact) mass is 368 g/mol. The van der Waals surface area contributed by atoms with Gasteiger partial charge in [-0.1, -0.05) is 51.1 Å². The fraction of sp³-hybridized carbons (Fsp3) is 0.409. The highest BCUT2D eigenvalue weighted by atomic mass is 16.7. The molecule has 0 fully saturated rings. The minimum Gasteiger partial charge on any atom is -0.454 e. The number of ether oxygens (including phenoxy) is 2. The number of hydrogen-bond acceptors (Lipinski definition) is 4. The summed E-state index contributed by atoms with van der Waals surface area (Å²) >= 11 is 0. The molecule has 0 bridgehead atoms. The Morgan fingerprint density at radius 3 is 2.41 bits per heavy atom. The number of likely N-dealkylation sites (N-methyl/N-ethyl adjacent to an activating group) is 1. The van der Waals surface area contributed by atoms with Gasteiger partial charge >= 0.3 is 0 Å². The summed E-state index contributed by atoms with van der Waals surface area (Å²) in [7, 11) is 1.96. The predicted molar refractivity (Wildman–Crippen MR) is 106 cm³/mol. The normalized spacial score (nSPS) is 13.1. The third-order valence-corrected chi connectivity index (χ3v) is 4.61. The Morgan fingerprint density at radius 2 is 1.70 bits per heavy atom. The number of carbonyl (C=O) groups is 1. The zero-order chi connectivity index (χ0) is 19.4. The van der Waals surface area contributed by atoms with Gasteiger partial charge in [-0.15, -0.1) is 0 Å². The van der Waals surface area contributed by atoms with E-state index < -0.39 is 0 Å².